The van der Waals surface area contributed by atoms with Gasteiger partial charge in [0.2, 0.25) is 11.9 Å². The number of nitrogens with one attached hydrogen (secondary N) is 1. The second-order valence-corrected chi connectivity index (χ2v) is 7.30. The van der Waals surface area contributed by atoms with Crippen molar-refractivity contribution in [3.63, 3.8) is 0 Å². The summed E-state index contributed by atoms with van der Waals surface area (Å²) in [5.41, 5.74) is -0.522. The second kappa shape index (κ2) is 7.09. The van der Waals surface area contributed by atoms with Crippen molar-refractivity contribution >= 4 is 11.8 Å². The fourth-order valence-electron chi connectivity index (χ4n) is 3.60. The Balaban J connectivity index is 1.49. The standard InChI is InChI=1S/C19H22FN5O2/c20-16-12-15(4-8-21-16)17(26)24-10-5-19(6-11-24,25-9-1-7-23-25)18(27)22-13-14-2-3-14/h1,4,7-9,12,14H,2-3,5-6,10-11,13H2,(H,22,27). The van der Waals surface area contributed by atoms with Gasteiger partial charge in [-0.1, -0.05) is 0 Å². The van der Waals surface area contributed by atoms with Crippen LogP contribution in [0.15, 0.2) is 36.8 Å². The molecule has 1 saturated carbocycles. The van der Waals surface area contributed by atoms with Crippen LogP contribution in [0.4, 0.5) is 4.39 Å². The van der Waals surface area contributed by atoms with E-state index < -0.39 is 11.5 Å². The molecule has 2 fully saturated rings. The summed E-state index contributed by atoms with van der Waals surface area (Å²) < 4.78 is 15.0. The molecule has 0 bridgehead atoms. The van der Waals surface area contributed by atoms with Gasteiger partial charge in [0.15, 0.2) is 0 Å². The van der Waals surface area contributed by atoms with Crippen LogP contribution in [0, 0.1) is 11.9 Å². The highest BCUT2D eigenvalue weighted by molar-refractivity contribution is 5.94. The average molecular weight is 371 g/mol. The molecule has 2 aliphatic rings. The molecule has 3 heterocycles. The third-order valence-electron chi connectivity index (χ3n) is 5.47. The molecule has 2 aromatic heterocycles. The number of carbonyl (C=O) groups is 2. The molecule has 8 heteroatoms. The molecule has 0 unspecified atom stereocenters. The normalized spacial score (nSPS) is 18.9. The lowest BCUT2D eigenvalue weighted by molar-refractivity contribution is -0.133. The summed E-state index contributed by atoms with van der Waals surface area (Å²) in [4.78, 5) is 30.8. The van der Waals surface area contributed by atoms with Gasteiger partial charge in [0.05, 0.1) is 0 Å². The van der Waals surface area contributed by atoms with Gasteiger partial charge in [-0.15, -0.1) is 0 Å². The first-order valence-electron chi connectivity index (χ1n) is 9.28. The Morgan fingerprint density at radius 1 is 1.26 bits per heavy atom. The van der Waals surface area contributed by atoms with E-state index in [4.69, 9.17) is 0 Å². The molecule has 0 atom stereocenters. The molecule has 0 spiro atoms. The predicted octanol–water partition coefficient (Wildman–Crippen LogP) is 1.57. The minimum absolute atomic E-state index is 0.0415. The first kappa shape index (κ1) is 17.6. The zero-order valence-corrected chi connectivity index (χ0v) is 15.0. The number of rotatable bonds is 5. The SMILES string of the molecule is O=C(c1ccnc(F)c1)N1CCC(C(=O)NCC2CC2)(n2cccn2)CC1. The number of halogens is 1. The zero-order chi connectivity index (χ0) is 18.9. The lowest BCUT2D eigenvalue weighted by atomic mass is 9.86. The van der Waals surface area contributed by atoms with E-state index >= 15 is 0 Å². The molecule has 1 aliphatic carbocycles. The number of hydrogen-bond acceptors (Lipinski definition) is 4. The summed E-state index contributed by atoms with van der Waals surface area (Å²) in [6, 6.07) is 4.44. The number of likely N-dealkylation sites (tertiary alicyclic amines) is 1. The van der Waals surface area contributed by atoms with E-state index in [1.165, 1.54) is 25.1 Å². The smallest absolute Gasteiger partial charge is 0.254 e. The number of pyridine rings is 1. The number of amides is 2. The van der Waals surface area contributed by atoms with Crippen LogP contribution in [0.1, 0.15) is 36.0 Å². The van der Waals surface area contributed by atoms with Gasteiger partial charge in [0, 0.05) is 49.9 Å². The van der Waals surface area contributed by atoms with Crippen molar-refractivity contribution in [2.45, 2.75) is 31.2 Å². The highest BCUT2D eigenvalue weighted by atomic mass is 19.1. The van der Waals surface area contributed by atoms with E-state index in [0.717, 1.165) is 6.07 Å². The molecule has 2 aromatic rings. The monoisotopic (exact) mass is 371 g/mol. The van der Waals surface area contributed by atoms with Crippen molar-refractivity contribution in [3.05, 3.63) is 48.3 Å². The topological polar surface area (TPSA) is 80.1 Å². The quantitative estimate of drug-likeness (QED) is 0.809. The van der Waals surface area contributed by atoms with Gasteiger partial charge < -0.3 is 10.2 Å². The molecule has 142 valence electrons. The molecular weight excluding hydrogens is 349 g/mol. The summed E-state index contributed by atoms with van der Waals surface area (Å²) in [6.07, 6.45) is 8.00. The number of piperidine rings is 1. The summed E-state index contributed by atoms with van der Waals surface area (Å²) in [7, 11) is 0. The van der Waals surface area contributed by atoms with Crippen molar-refractivity contribution in [3.8, 4) is 0 Å². The van der Waals surface area contributed by atoms with Gasteiger partial charge >= 0.3 is 0 Å². The van der Waals surface area contributed by atoms with Crippen LogP contribution < -0.4 is 5.32 Å². The van der Waals surface area contributed by atoms with E-state index in [-0.39, 0.29) is 17.4 Å². The third-order valence-corrected chi connectivity index (χ3v) is 5.47. The van der Waals surface area contributed by atoms with Crippen LogP contribution in [0.3, 0.4) is 0 Å². The molecule has 0 radical (unpaired) electrons. The van der Waals surface area contributed by atoms with Gasteiger partial charge in [-0.25, -0.2) is 4.98 Å². The Bertz CT molecular complexity index is 826. The van der Waals surface area contributed by atoms with Crippen LogP contribution in [-0.4, -0.2) is 51.1 Å². The largest absolute Gasteiger partial charge is 0.354 e. The highest BCUT2D eigenvalue weighted by Crippen LogP contribution is 2.32. The molecule has 2 amide bonds. The fourth-order valence-corrected chi connectivity index (χ4v) is 3.60. The van der Waals surface area contributed by atoms with Crippen LogP contribution in [0.2, 0.25) is 0 Å². The van der Waals surface area contributed by atoms with Crippen LogP contribution >= 0.6 is 0 Å². The molecule has 4 rings (SSSR count). The van der Waals surface area contributed by atoms with Crippen LogP contribution in [0.5, 0.6) is 0 Å². The van der Waals surface area contributed by atoms with Gasteiger partial charge in [-0.2, -0.15) is 9.49 Å². The van der Waals surface area contributed by atoms with Crippen molar-refractivity contribution in [1.82, 2.24) is 25.0 Å². The van der Waals surface area contributed by atoms with Crippen molar-refractivity contribution in [2.75, 3.05) is 19.6 Å². The van der Waals surface area contributed by atoms with Gasteiger partial charge in [-0.05, 0) is 43.7 Å². The Hall–Kier alpha value is -2.77. The minimum Gasteiger partial charge on any atom is -0.354 e. The minimum atomic E-state index is -0.793. The first-order valence-corrected chi connectivity index (χ1v) is 9.28. The van der Waals surface area contributed by atoms with E-state index in [1.54, 1.807) is 28.0 Å². The van der Waals surface area contributed by atoms with E-state index in [2.05, 4.69) is 15.4 Å². The Labute approximate surface area is 156 Å². The molecule has 7 nitrogen and oxygen atoms in total. The molecule has 1 N–H and O–H groups in total. The van der Waals surface area contributed by atoms with Crippen molar-refractivity contribution in [1.29, 1.82) is 0 Å². The second-order valence-electron chi connectivity index (χ2n) is 7.30. The fraction of sp³-hybridized carbons (Fsp3) is 0.474. The highest BCUT2D eigenvalue weighted by Gasteiger charge is 2.45. The molecule has 0 aromatic carbocycles. The van der Waals surface area contributed by atoms with Gasteiger partial charge in [0.25, 0.3) is 5.91 Å². The van der Waals surface area contributed by atoms with Crippen molar-refractivity contribution in [2.24, 2.45) is 5.92 Å². The molecular formula is C19H22FN5O2. The average Bonchev–Trinajstić information content (AvgIpc) is 3.36. The summed E-state index contributed by atoms with van der Waals surface area (Å²) in [5.74, 6) is -0.376. The molecule has 1 saturated heterocycles. The maximum atomic E-state index is 13.3. The van der Waals surface area contributed by atoms with Crippen LogP contribution in [0.25, 0.3) is 0 Å². The Kier molecular flexibility index (Phi) is 4.63. The third kappa shape index (κ3) is 3.56. The van der Waals surface area contributed by atoms with E-state index in [0.29, 0.717) is 38.4 Å². The summed E-state index contributed by atoms with van der Waals surface area (Å²) >= 11 is 0. The number of aromatic nitrogens is 3. The van der Waals surface area contributed by atoms with Crippen molar-refractivity contribution < 1.29 is 14.0 Å². The maximum Gasteiger partial charge on any atom is 0.254 e. The van der Waals surface area contributed by atoms with E-state index in [9.17, 15) is 14.0 Å². The Morgan fingerprint density at radius 2 is 2.04 bits per heavy atom. The molecule has 27 heavy (non-hydrogen) atoms. The number of nitrogens with zero attached hydrogens (tertiary/aromatic N) is 4. The maximum absolute atomic E-state index is 13.3. The predicted molar refractivity (Wildman–Crippen MR) is 95.3 cm³/mol. The number of carbonyl (C=O) groups excluding carboxylic acids is 2. The summed E-state index contributed by atoms with van der Waals surface area (Å²) in [5, 5.41) is 7.38. The van der Waals surface area contributed by atoms with Crippen LogP contribution in [-0.2, 0) is 10.3 Å². The first-order chi connectivity index (χ1) is 13.1. The van der Waals surface area contributed by atoms with E-state index in [1.807, 2.05) is 0 Å². The zero-order valence-electron chi connectivity index (χ0n) is 15.0. The Morgan fingerprint density at radius 3 is 2.67 bits per heavy atom. The van der Waals surface area contributed by atoms with Gasteiger partial charge in [0.1, 0.15) is 5.54 Å². The summed E-state index contributed by atoms with van der Waals surface area (Å²) in [6.45, 7) is 1.50. The lowest BCUT2D eigenvalue weighted by Crippen LogP contribution is -2.56. The van der Waals surface area contributed by atoms with Gasteiger partial charge in [-0.3, -0.25) is 14.3 Å². The lowest BCUT2D eigenvalue weighted by Gasteiger charge is -2.40. The molecule has 1 aliphatic heterocycles. The number of hydrogen-bond donors (Lipinski definition) is 1.